The van der Waals surface area contributed by atoms with Gasteiger partial charge in [0.2, 0.25) is 0 Å². The van der Waals surface area contributed by atoms with Crippen molar-refractivity contribution in [1.82, 2.24) is 0 Å². The van der Waals surface area contributed by atoms with E-state index in [-0.39, 0.29) is 12.1 Å². The highest BCUT2D eigenvalue weighted by Gasteiger charge is 2.58. The van der Waals surface area contributed by atoms with Crippen molar-refractivity contribution in [1.29, 1.82) is 0 Å². The van der Waals surface area contributed by atoms with Crippen LogP contribution in [0.15, 0.2) is 231 Å². The molecule has 0 saturated carbocycles. The van der Waals surface area contributed by atoms with Gasteiger partial charge in [0.25, 0.3) is 6.71 Å². The van der Waals surface area contributed by atoms with Gasteiger partial charge >= 0.3 is 0 Å². The third-order valence-electron chi connectivity index (χ3n) is 17.8. The molecule has 74 heavy (non-hydrogen) atoms. The van der Waals surface area contributed by atoms with Crippen LogP contribution < -0.4 is 25.5 Å². The van der Waals surface area contributed by atoms with E-state index >= 15 is 0 Å². The zero-order valence-corrected chi connectivity index (χ0v) is 42.1. The second kappa shape index (κ2) is 14.2. The van der Waals surface area contributed by atoms with E-state index in [0.29, 0.717) is 0 Å². The first-order valence-electron chi connectivity index (χ1n) is 26.2. The zero-order chi connectivity index (χ0) is 48.8. The molecule has 0 fully saturated rings. The maximum absolute atomic E-state index is 2.65. The van der Waals surface area contributed by atoms with Crippen LogP contribution in [0.2, 0.25) is 0 Å². The molecule has 0 N–H and O–H groups in total. The summed E-state index contributed by atoms with van der Waals surface area (Å²) in [6.45, 7) is 6.88. The van der Waals surface area contributed by atoms with Gasteiger partial charge in [-0.25, -0.2) is 0 Å². The van der Waals surface area contributed by atoms with Gasteiger partial charge in [-0.3, -0.25) is 0 Å². The van der Waals surface area contributed by atoms with E-state index in [0.717, 1.165) is 0 Å². The molecule has 6 aliphatic rings. The van der Waals surface area contributed by atoms with Gasteiger partial charge in [-0.1, -0.05) is 209 Å². The number of hydrogen-bond acceptors (Lipinski definition) is 3. The SMILES string of the molecule is CC(C)(C)c1ccc(N2c3cc4c(cc3B3c5sc6c(c5N(c5ccccc5)c5cccc2c53)-c2ccccc2C62c3ccccc3-c3ccccc32)-c2ccccc2C42c3ccccc3-c3ccccc32)cc1. The number of thiophene rings is 1. The quantitative estimate of drug-likeness (QED) is 0.159. The fourth-order valence-electron chi connectivity index (χ4n) is 15.0. The molecule has 2 spiro atoms. The summed E-state index contributed by atoms with van der Waals surface area (Å²) in [5, 5.41) is 0. The Morgan fingerprint density at radius 1 is 0.378 bits per heavy atom. The maximum Gasteiger partial charge on any atom is 0.264 e. The van der Waals surface area contributed by atoms with Gasteiger partial charge in [-0.05, 0) is 142 Å². The van der Waals surface area contributed by atoms with Crippen molar-refractivity contribution in [2.45, 2.75) is 37.0 Å². The molecule has 0 atom stereocenters. The smallest absolute Gasteiger partial charge is 0.264 e. The molecule has 0 unspecified atom stereocenters. The van der Waals surface area contributed by atoms with Gasteiger partial charge in [0.15, 0.2) is 0 Å². The summed E-state index contributed by atoms with van der Waals surface area (Å²) in [7, 11) is 0. The van der Waals surface area contributed by atoms with Gasteiger partial charge < -0.3 is 9.80 Å². The van der Waals surface area contributed by atoms with Crippen LogP contribution in [-0.2, 0) is 16.2 Å². The lowest BCUT2D eigenvalue weighted by Gasteiger charge is -2.44. The van der Waals surface area contributed by atoms with Gasteiger partial charge in [0, 0.05) is 43.7 Å². The average Bonchev–Trinajstić information content (AvgIpc) is 4.40. The normalized spacial score (nSPS) is 15.4. The molecule has 346 valence electrons. The zero-order valence-electron chi connectivity index (χ0n) is 41.3. The Labute approximate surface area is 436 Å². The van der Waals surface area contributed by atoms with Crippen LogP contribution in [-0.4, -0.2) is 6.71 Å². The third kappa shape index (κ3) is 4.80. The Morgan fingerprint density at radius 2 is 0.824 bits per heavy atom. The minimum Gasteiger partial charge on any atom is -0.311 e. The highest BCUT2D eigenvalue weighted by atomic mass is 32.1. The van der Waals surface area contributed by atoms with E-state index in [1.165, 1.54) is 144 Å². The summed E-state index contributed by atoms with van der Waals surface area (Å²) in [4.78, 5) is 6.68. The van der Waals surface area contributed by atoms with E-state index in [1.807, 2.05) is 0 Å². The van der Waals surface area contributed by atoms with Gasteiger partial charge in [-0.15, -0.1) is 11.3 Å². The van der Waals surface area contributed by atoms with E-state index in [9.17, 15) is 0 Å². The molecule has 4 aliphatic carbocycles. The van der Waals surface area contributed by atoms with Crippen LogP contribution in [0.3, 0.4) is 0 Å². The Morgan fingerprint density at radius 3 is 1.36 bits per heavy atom. The Kier molecular flexibility index (Phi) is 7.88. The van der Waals surface area contributed by atoms with E-state index in [1.54, 1.807) is 0 Å². The van der Waals surface area contributed by atoms with Crippen molar-refractivity contribution in [3.63, 3.8) is 0 Å². The first-order chi connectivity index (χ1) is 36.4. The third-order valence-corrected chi connectivity index (χ3v) is 19.2. The van der Waals surface area contributed by atoms with Crippen LogP contribution in [0.1, 0.15) is 70.2 Å². The van der Waals surface area contributed by atoms with Crippen LogP contribution in [0.25, 0.3) is 44.5 Å². The molecule has 3 heterocycles. The van der Waals surface area contributed by atoms with Crippen molar-refractivity contribution < 1.29 is 0 Å². The van der Waals surface area contributed by atoms with E-state index in [4.69, 9.17) is 0 Å². The molecule has 0 radical (unpaired) electrons. The Hall–Kier alpha value is -8.44. The first-order valence-corrected chi connectivity index (χ1v) is 27.0. The standard InChI is InChI=1S/C70H47BN2S/c1-68(2,3)42-36-38-44(39-37-42)72-60-34-19-35-61-64(60)71(59-40-51-49-26-11-15-30-54(49)69(58(51)41-62(59)72)52-28-13-7-22-45(52)46-23-8-14-29-53(46)69)67-65(73(61)43-20-5-4-6-21-43)63-50-27-12-18-33-57(50)70(66(63)74-67)55-31-16-9-24-47(55)48-25-10-17-32-56(48)70/h4-41H,1-3H3. The molecular formula is C70H47BN2S. The number of benzene rings is 10. The predicted molar refractivity (Wildman–Crippen MR) is 310 cm³/mol. The minimum atomic E-state index is -0.483. The fraction of sp³-hybridized carbons (Fsp3) is 0.0857. The van der Waals surface area contributed by atoms with Crippen LogP contribution >= 0.6 is 11.3 Å². The maximum atomic E-state index is 2.65. The second-order valence-corrected chi connectivity index (χ2v) is 23.2. The van der Waals surface area contributed by atoms with Crippen molar-refractivity contribution in [2.75, 3.05) is 9.80 Å². The van der Waals surface area contributed by atoms with Crippen molar-refractivity contribution in [3.8, 4) is 44.5 Å². The van der Waals surface area contributed by atoms with E-state index < -0.39 is 10.8 Å². The number of rotatable bonds is 2. The van der Waals surface area contributed by atoms with Crippen molar-refractivity contribution >= 4 is 67.9 Å². The molecule has 2 aliphatic heterocycles. The molecule has 17 rings (SSSR count). The molecule has 11 aromatic rings. The van der Waals surface area contributed by atoms with E-state index in [2.05, 4.69) is 272 Å². The number of nitrogens with zero attached hydrogens (tertiary/aromatic N) is 2. The molecule has 0 bridgehead atoms. The number of fused-ring (bicyclic) bond motifs is 25. The number of hydrogen-bond donors (Lipinski definition) is 0. The van der Waals surface area contributed by atoms with Crippen molar-refractivity contribution in [3.05, 3.63) is 280 Å². The Bertz CT molecular complexity index is 4180. The van der Waals surface area contributed by atoms with Crippen LogP contribution in [0.4, 0.5) is 34.1 Å². The highest BCUT2D eigenvalue weighted by molar-refractivity contribution is 7.30. The largest absolute Gasteiger partial charge is 0.311 e. The monoisotopic (exact) mass is 958 g/mol. The Balaban J connectivity index is 1.02. The summed E-state index contributed by atoms with van der Waals surface area (Å²) >= 11 is 2.07. The molecule has 10 aromatic carbocycles. The average molecular weight is 959 g/mol. The van der Waals surface area contributed by atoms with Gasteiger partial charge in [-0.2, -0.15) is 0 Å². The number of anilines is 6. The van der Waals surface area contributed by atoms with Crippen molar-refractivity contribution in [2.24, 2.45) is 0 Å². The lowest BCUT2D eigenvalue weighted by molar-refractivity contribution is 0.590. The summed E-state index contributed by atoms with van der Waals surface area (Å²) in [5.41, 5.74) is 30.6. The lowest BCUT2D eigenvalue weighted by Crippen LogP contribution is -2.60. The molecule has 2 nitrogen and oxygen atoms in total. The molecular weight excluding hydrogens is 912 g/mol. The molecule has 0 saturated heterocycles. The topological polar surface area (TPSA) is 6.48 Å². The van der Waals surface area contributed by atoms with Gasteiger partial charge in [0.05, 0.1) is 16.5 Å². The highest BCUT2D eigenvalue weighted by Crippen LogP contribution is 2.68. The summed E-state index contributed by atoms with van der Waals surface area (Å²) < 4.78 is 1.40. The molecule has 4 heteroatoms. The molecule has 1 aromatic heterocycles. The second-order valence-electron chi connectivity index (χ2n) is 22.2. The fourth-order valence-corrected chi connectivity index (χ4v) is 16.7. The number of para-hydroxylation sites is 1. The van der Waals surface area contributed by atoms with Crippen LogP contribution in [0.5, 0.6) is 0 Å². The predicted octanol–water partition coefficient (Wildman–Crippen LogP) is 15.8. The molecule has 0 amide bonds. The van der Waals surface area contributed by atoms with Gasteiger partial charge in [0.1, 0.15) is 0 Å². The summed E-state index contributed by atoms with van der Waals surface area (Å²) in [6.07, 6.45) is 0. The van der Waals surface area contributed by atoms with Crippen LogP contribution in [0, 0.1) is 0 Å². The minimum absolute atomic E-state index is 0.0139. The first kappa shape index (κ1) is 41.1. The lowest BCUT2D eigenvalue weighted by atomic mass is 9.36. The summed E-state index contributed by atoms with van der Waals surface area (Å²) in [6, 6.07) is 88.6. The summed E-state index contributed by atoms with van der Waals surface area (Å²) in [5.74, 6) is 0.